The maximum Gasteiger partial charge on any atom is 0.162 e. The molecule has 152 valence electrons. The highest BCUT2D eigenvalue weighted by molar-refractivity contribution is 7.08. The van der Waals surface area contributed by atoms with Crippen molar-refractivity contribution >= 4 is 22.8 Å². The molecule has 6 heteroatoms. The number of aliphatic hydroxyl groups excluding tert-OH is 1. The van der Waals surface area contributed by atoms with Crippen molar-refractivity contribution in [1.82, 2.24) is 14.9 Å². The van der Waals surface area contributed by atoms with Crippen molar-refractivity contribution in [3.63, 3.8) is 0 Å². The first-order valence-electron chi connectivity index (χ1n) is 9.75. The van der Waals surface area contributed by atoms with Crippen LogP contribution >= 0.6 is 11.3 Å². The van der Waals surface area contributed by atoms with E-state index < -0.39 is 6.23 Å². The smallest absolute Gasteiger partial charge is 0.162 e. The molecule has 2 N–H and O–H groups in total. The van der Waals surface area contributed by atoms with E-state index in [4.69, 9.17) is 9.97 Å². The van der Waals surface area contributed by atoms with Crippen LogP contribution in [0.2, 0.25) is 0 Å². The molecule has 0 fully saturated rings. The summed E-state index contributed by atoms with van der Waals surface area (Å²) >= 11 is 1.64. The van der Waals surface area contributed by atoms with Crippen molar-refractivity contribution in [2.24, 2.45) is 0 Å². The van der Waals surface area contributed by atoms with Gasteiger partial charge in [0.2, 0.25) is 0 Å². The third kappa shape index (κ3) is 5.29. The van der Waals surface area contributed by atoms with E-state index in [1.807, 2.05) is 55.9 Å². The predicted molar refractivity (Wildman–Crippen MR) is 122 cm³/mol. The van der Waals surface area contributed by atoms with Crippen LogP contribution in [0, 0.1) is 0 Å². The van der Waals surface area contributed by atoms with Crippen molar-refractivity contribution in [2.75, 3.05) is 19.4 Å². The molecule has 29 heavy (non-hydrogen) atoms. The standard InChI is InChI=1S/C23H28N4OS/c1-5-7-19-20(6-2)25-22(17-12-13-29-15-17)26-23(19)24-18-10-8-16(9-11-18)14-21(28)27(3)4/h5,8-13,15,21,28H,1,6-7,14H2,2-4H3,(H,24,25,26). The van der Waals surface area contributed by atoms with Crippen LogP contribution in [0.15, 0.2) is 53.7 Å². The largest absolute Gasteiger partial charge is 0.378 e. The fourth-order valence-corrected chi connectivity index (χ4v) is 3.69. The van der Waals surface area contributed by atoms with Gasteiger partial charge in [-0.25, -0.2) is 9.97 Å². The number of benzene rings is 1. The van der Waals surface area contributed by atoms with Gasteiger partial charge < -0.3 is 10.4 Å². The zero-order valence-electron chi connectivity index (χ0n) is 17.2. The number of likely N-dealkylation sites (N-methyl/N-ethyl adjacent to an activating group) is 1. The first kappa shape index (κ1) is 21.2. The molecule has 2 aromatic heterocycles. The minimum atomic E-state index is -0.491. The van der Waals surface area contributed by atoms with E-state index in [0.29, 0.717) is 12.8 Å². The molecule has 0 bridgehead atoms. The van der Waals surface area contributed by atoms with Gasteiger partial charge >= 0.3 is 0 Å². The van der Waals surface area contributed by atoms with Gasteiger partial charge in [-0.2, -0.15) is 11.3 Å². The third-order valence-corrected chi connectivity index (χ3v) is 5.47. The van der Waals surface area contributed by atoms with Gasteiger partial charge in [-0.05, 0) is 56.1 Å². The van der Waals surface area contributed by atoms with Crippen LogP contribution in [0.3, 0.4) is 0 Å². The van der Waals surface area contributed by atoms with Crippen LogP contribution in [-0.4, -0.2) is 40.3 Å². The molecule has 3 rings (SSSR count). The summed E-state index contributed by atoms with van der Waals surface area (Å²) in [7, 11) is 3.74. The minimum Gasteiger partial charge on any atom is -0.378 e. The first-order valence-corrected chi connectivity index (χ1v) is 10.7. The number of nitrogens with zero attached hydrogens (tertiary/aromatic N) is 3. The second-order valence-electron chi connectivity index (χ2n) is 7.15. The van der Waals surface area contributed by atoms with E-state index in [0.717, 1.165) is 46.1 Å². The Hall–Kier alpha value is -2.54. The second-order valence-corrected chi connectivity index (χ2v) is 7.93. The monoisotopic (exact) mass is 408 g/mol. The van der Waals surface area contributed by atoms with Crippen molar-refractivity contribution in [2.45, 2.75) is 32.4 Å². The van der Waals surface area contributed by atoms with Gasteiger partial charge in [0, 0.05) is 34.3 Å². The number of anilines is 2. The molecule has 0 aliphatic carbocycles. The lowest BCUT2D eigenvalue weighted by Gasteiger charge is -2.18. The molecule has 0 spiro atoms. The lowest BCUT2D eigenvalue weighted by atomic mass is 10.1. The molecule has 3 aromatic rings. The third-order valence-electron chi connectivity index (χ3n) is 4.79. The molecule has 0 aliphatic heterocycles. The van der Waals surface area contributed by atoms with Gasteiger partial charge in [-0.15, -0.1) is 6.58 Å². The number of rotatable bonds is 9. The number of aliphatic hydroxyl groups is 1. The Balaban J connectivity index is 1.90. The molecule has 5 nitrogen and oxygen atoms in total. The summed E-state index contributed by atoms with van der Waals surface area (Å²) in [4.78, 5) is 11.4. The minimum absolute atomic E-state index is 0.491. The zero-order valence-corrected chi connectivity index (χ0v) is 18.0. The molecular formula is C23H28N4OS. The first-order chi connectivity index (χ1) is 14.0. The zero-order chi connectivity index (χ0) is 20.8. The molecule has 0 aliphatic rings. The average Bonchev–Trinajstić information content (AvgIpc) is 3.25. The summed E-state index contributed by atoms with van der Waals surface area (Å²) in [5.41, 5.74) is 5.18. The van der Waals surface area contributed by atoms with Crippen molar-refractivity contribution < 1.29 is 5.11 Å². The summed E-state index contributed by atoms with van der Waals surface area (Å²) in [6, 6.07) is 10.1. The fraction of sp³-hybridized carbons (Fsp3) is 0.304. The second kappa shape index (κ2) is 9.78. The van der Waals surface area contributed by atoms with Crippen LogP contribution in [0.25, 0.3) is 11.4 Å². The van der Waals surface area contributed by atoms with Crippen molar-refractivity contribution in [3.05, 3.63) is 70.6 Å². The molecule has 0 amide bonds. The number of hydrogen-bond acceptors (Lipinski definition) is 6. The molecule has 0 radical (unpaired) electrons. The number of nitrogens with one attached hydrogen (secondary N) is 1. The van der Waals surface area contributed by atoms with Gasteiger partial charge in [0.25, 0.3) is 0 Å². The number of allylic oxidation sites excluding steroid dienone is 1. The average molecular weight is 409 g/mol. The highest BCUT2D eigenvalue weighted by Crippen LogP contribution is 2.27. The Morgan fingerprint density at radius 3 is 2.55 bits per heavy atom. The summed E-state index contributed by atoms with van der Waals surface area (Å²) in [5.74, 6) is 1.56. The van der Waals surface area contributed by atoms with E-state index >= 15 is 0 Å². The van der Waals surface area contributed by atoms with E-state index in [2.05, 4.69) is 24.2 Å². The van der Waals surface area contributed by atoms with E-state index in [-0.39, 0.29) is 0 Å². The van der Waals surface area contributed by atoms with Crippen molar-refractivity contribution in [3.8, 4) is 11.4 Å². The Morgan fingerprint density at radius 1 is 1.21 bits per heavy atom. The van der Waals surface area contributed by atoms with E-state index in [9.17, 15) is 5.11 Å². The molecule has 2 heterocycles. The van der Waals surface area contributed by atoms with Gasteiger partial charge in [0.05, 0.1) is 0 Å². The van der Waals surface area contributed by atoms with Crippen LogP contribution in [-0.2, 0) is 19.3 Å². The maximum absolute atomic E-state index is 10.0. The van der Waals surface area contributed by atoms with Crippen LogP contribution in [0.5, 0.6) is 0 Å². The Labute approximate surface area is 176 Å². The topological polar surface area (TPSA) is 61.3 Å². The number of aromatic nitrogens is 2. The molecular weight excluding hydrogens is 380 g/mol. The van der Waals surface area contributed by atoms with Crippen LogP contribution in [0.4, 0.5) is 11.5 Å². The van der Waals surface area contributed by atoms with Gasteiger partial charge in [-0.1, -0.05) is 25.1 Å². The highest BCUT2D eigenvalue weighted by Gasteiger charge is 2.14. The highest BCUT2D eigenvalue weighted by atomic mass is 32.1. The molecule has 0 saturated carbocycles. The SMILES string of the molecule is C=CCc1c(CC)nc(-c2ccsc2)nc1Nc1ccc(CC(O)N(C)C)cc1. The molecule has 0 saturated heterocycles. The number of thiophene rings is 1. The Morgan fingerprint density at radius 2 is 1.97 bits per heavy atom. The Bertz CT molecular complexity index is 936. The lowest BCUT2D eigenvalue weighted by Crippen LogP contribution is -2.29. The summed E-state index contributed by atoms with van der Waals surface area (Å²) in [6.07, 6.45) is 3.53. The van der Waals surface area contributed by atoms with E-state index in [1.165, 1.54) is 0 Å². The summed E-state index contributed by atoms with van der Waals surface area (Å²) in [6.45, 7) is 6.01. The fourth-order valence-electron chi connectivity index (χ4n) is 3.06. The maximum atomic E-state index is 10.0. The van der Waals surface area contributed by atoms with E-state index in [1.54, 1.807) is 16.2 Å². The van der Waals surface area contributed by atoms with Crippen LogP contribution in [0.1, 0.15) is 23.7 Å². The number of aryl methyl sites for hydroxylation is 1. The summed E-state index contributed by atoms with van der Waals surface area (Å²) < 4.78 is 0. The summed E-state index contributed by atoms with van der Waals surface area (Å²) in [5, 5.41) is 17.6. The normalized spacial score (nSPS) is 12.2. The van der Waals surface area contributed by atoms with Gasteiger partial charge in [0.15, 0.2) is 5.82 Å². The quantitative estimate of drug-likeness (QED) is 0.398. The molecule has 1 unspecified atom stereocenters. The van der Waals surface area contributed by atoms with Gasteiger partial charge in [0.1, 0.15) is 12.0 Å². The Kier molecular flexibility index (Phi) is 7.14. The molecule has 1 atom stereocenters. The van der Waals surface area contributed by atoms with Crippen molar-refractivity contribution in [1.29, 1.82) is 0 Å². The molecule has 1 aromatic carbocycles. The predicted octanol–water partition coefficient (Wildman–Crippen LogP) is 4.66. The number of hydrogen-bond donors (Lipinski definition) is 2. The van der Waals surface area contributed by atoms with Crippen LogP contribution < -0.4 is 5.32 Å². The lowest BCUT2D eigenvalue weighted by molar-refractivity contribution is 0.0413. The van der Waals surface area contributed by atoms with Gasteiger partial charge in [-0.3, -0.25) is 4.90 Å².